The molecule has 0 spiro atoms. The van der Waals surface area contributed by atoms with E-state index >= 15 is 0 Å². The van der Waals surface area contributed by atoms with Crippen LogP contribution in [0.25, 0.3) is 0 Å². The van der Waals surface area contributed by atoms with Crippen molar-refractivity contribution in [2.75, 3.05) is 29.6 Å². The fraction of sp³-hybridized carbons (Fsp3) is 0.516. The molecule has 2 rings (SSSR count). The Labute approximate surface area is 245 Å². The number of nitrogens with one attached hydrogen (secondary N) is 2. The van der Waals surface area contributed by atoms with Gasteiger partial charge in [0.15, 0.2) is 0 Å². The predicted octanol–water partition coefficient (Wildman–Crippen LogP) is 8.23. The van der Waals surface area contributed by atoms with Crippen LogP contribution in [0.15, 0.2) is 47.4 Å². The smallest absolute Gasteiger partial charge is 0.352 e. The van der Waals surface area contributed by atoms with Crippen molar-refractivity contribution in [1.82, 2.24) is 5.32 Å². The quantitative estimate of drug-likeness (QED) is 0.143. The number of thioether (sulfide) groups is 1. The zero-order valence-electron chi connectivity index (χ0n) is 24.2. The summed E-state index contributed by atoms with van der Waals surface area (Å²) in [6.45, 7) is 4.68. The van der Waals surface area contributed by atoms with Gasteiger partial charge in [-0.2, -0.15) is 13.2 Å². The van der Waals surface area contributed by atoms with Crippen molar-refractivity contribution in [3.63, 3.8) is 0 Å². The summed E-state index contributed by atoms with van der Waals surface area (Å²) in [7, 11) is 0. The maximum atomic E-state index is 13.3. The Morgan fingerprint density at radius 2 is 1.37 bits per heavy atom. The Bertz CT molecular complexity index is 1120. The number of alkyl halides is 3. The Hall–Kier alpha value is -3.01. The molecule has 10 heteroatoms. The molecule has 0 unspecified atom stereocenters. The predicted molar refractivity (Wildman–Crippen MR) is 161 cm³/mol. The number of unbranched alkanes of at least 4 members (excludes halogenated alkanes) is 8. The average Bonchev–Trinajstić information content (AvgIpc) is 2.95. The van der Waals surface area contributed by atoms with E-state index in [1.54, 1.807) is 18.2 Å². The second-order valence-electron chi connectivity index (χ2n) is 9.95. The number of hydrogen-bond acceptors (Lipinski definition) is 4. The number of carbonyl (C=O) groups excluding carboxylic acids is 3. The molecule has 0 aliphatic carbocycles. The molecule has 0 heterocycles. The van der Waals surface area contributed by atoms with Crippen LogP contribution in [0, 0.1) is 0 Å². The van der Waals surface area contributed by atoms with Gasteiger partial charge in [-0.05, 0) is 61.6 Å². The molecule has 2 aromatic rings. The Balaban J connectivity index is 2.10. The third kappa shape index (κ3) is 11.4. The van der Waals surface area contributed by atoms with E-state index in [0.717, 1.165) is 61.2 Å². The van der Waals surface area contributed by atoms with E-state index < -0.39 is 18.0 Å². The third-order valence-electron chi connectivity index (χ3n) is 6.69. The number of amides is 3. The summed E-state index contributed by atoms with van der Waals surface area (Å²) < 4.78 is 40.0. The van der Waals surface area contributed by atoms with Crippen molar-refractivity contribution in [2.24, 2.45) is 0 Å². The topological polar surface area (TPSA) is 78.5 Å². The number of carbonyl (C=O) groups is 3. The van der Waals surface area contributed by atoms with E-state index in [1.165, 1.54) is 42.4 Å². The van der Waals surface area contributed by atoms with Gasteiger partial charge >= 0.3 is 12.1 Å². The molecule has 0 saturated carbocycles. The lowest BCUT2D eigenvalue weighted by molar-refractivity contribution is -0.170. The van der Waals surface area contributed by atoms with Gasteiger partial charge in [-0.25, -0.2) is 0 Å². The van der Waals surface area contributed by atoms with Gasteiger partial charge in [0.1, 0.15) is 0 Å². The van der Waals surface area contributed by atoms with Crippen molar-refractivity contribution in [2.45, 2.75) is 89.1 Å². The summed E-state index contributed by atoms with van der Waals surface area (Å²) >= 11 is 1.40. The maximum absolute atomic E-state index is 13.3. The number of halogens is 3. The SMILES string of the molecule is CCCCCCCCCCN(C(=O)C(F)(F)F)c1ccc(C(=O)Nc2cc(C(=O)NCCCC)ccc2SC)cc1. The van der Waals surface area contributed by atoms with E-state index in [9.17, 15) is 27.6 Å². The second kappa shape index (κ2) is 17.7. The number of anilines is 2. The van der Waals surface area contributed by atoms with Crippen LogP contribution in [-0.4, -0.2) is 43.2 Å². The van der Waals surface area contributed by atoms with E-state index in [4.69, 9.17) is 0 Å². The summed E-state index contributed by atoms with van der Waals surface area (Å²) in [6.07, 6.45) is 6.40. The Morgan fingerprint density at radius 3 is 1.95 bits per heavy atom. The summed E-state index contributed by atoms with van der Waals surface area (Å²) in [5.74, 6) is -2.64. The highest BCUT2D eigenvalue weighted by Crippen LogP contribution is 2.28. The van der Waals surface area contributed by atoms with Gasteiger partial charge in [-0.3, -0.25) is 14.4 Å². The molecule has 3 amide bonds. The molecule has 0 aliphatic rings. The first-order chi connectivity index (χ1) is 19.6. The first kappa shape index (κ1) is 34.2. The van der Waals surface area contributed by atoms with Crippen LogP contribution in [0.3, 0.4) is 0 Å². The zero-order chi connectivity index (χ0) is 30.3. The standard InChI is InChI=1S/C31H42F3N3O3S/c1-4-6-8-9-10-11-12-13-21-37(30(40)31(32,33)34)25-17-14-23(15-18-25)29(39)36-26-22-24(16-19-27(26)41-3)28(38)35-20-7-5-2/h14-19,22H,4-13,20-21H2,1-3H3,(H,35,38)(H,36,39). The van der Waals surface area contributed by atoms with Crippen molar-refractivity contribution >= 4 is 40.9 Å². The zero-order valence-corrected chi connectivity index (χ0v) is 25.1. The highest BCUT2D eigenvalue weighted by atomic mass is 32.2. The van der Waals surface area contributed by atoms with Crippen molar-refractivity contribution in [1.29, 1.82) is 0 Å². The van der Waals surface area contributed by atoms with E-state index in [1.807, 2.05) is 13.2 Å². The largest absolute Gasteiger partial charge is 0.471 e. The first-order valence-electron chi connectivity index (χ1n) is 14.4. The monoisotopic (exact) mass is 593 g/mol. The summed E-state index contributed by atoms with van der Waals surface area (Å²) in [5, 5.41) is 5.65. The summed E-state index contributed by atoms with van der Waals surface area (Å²) in [6, 6.07) is 10.6. The number of rotatable bonds is 17. The molecule has 0 bridgehead atoms. The lowest BCUT2D eigenvalue weighted by Gasteiger charge is -2.24. The minimum absolute atomic E-state index is 0.0525. The highest BCUT2D eigenvalue weighted by Gasteiger charge is 2.42. The van der Waals surface area contributed by atoms with Crippen LogP contribution in [-0.2, 0) is 4.79 Å². The van der Waals surface area contributed by atoms with Crippen LogP contribution >= 0.6 is 11.8 Å². The molecule has 41 heavy (non-hydrogen) atoms. The number of benzene rings is 2. The summed E-state index contributed by atoms with van der Waals surface area (Å²) in [5.41, 5.74) is 1.16. The number of hydrogen-bond donors (Lipinski definition) is 2. The highest BCUT2D eigenvalue weighted by molar-refractivity contribution is 7.98. The van der Waals surface area contributed by atoms with Gasteiger partial charge < -0.3 is 15.5 Å². The molecule has 0 fully saturated rings. The van der Waals surface area contributed by atoms with Crippen LogP contribution in [0.5, 0.6) is 0 Å². The number of nitrogens with zero attached hydrogens (tertiary/aromatic N) is 1. The molecule has 0 aliphatic heterocycles. The normalized spacial score (nSPS) is 11.3. The molecular weight excluding hydrogens is 551 g/mol. The van der Waals surface area contributed by atoms with Crippen LogP contribution in [0.1, 0.15) is 98.8 Å². The lowest BCUT2D eigenvalue weighted by atomic mass is 10.1. The van der Waals surface area contributed by atoms with E-state index in [0.29, 0.717) is 24.2 Å². The molecule has 0 aromatic heterocycles. The molecule has 0 atom stereocenters. The minimum Gasteiger partial charge on any atom is -0.352 e. The fourth-order valence-electron chi connectivity index (χ4n) is 4.32. The van der Waals surface area contributed by atoms with E-state index in [2.05, 4.69) is 17.6 Å². The Kier molecular flexibility index (Phi) is 14.8. The second-order valence-corrected chi connectivity index (χ2v) is 10.8. The van der Waals surface area contributed by atoms with Gasteiger partial charge in [0.2, 0.25) is 0 Å². The van der Waals surface area contributed by atoms with Gasteiger partial charge in [-0.1, -0.05) is 65.2 Å². The fourth-order valence-corrected chi connectivity index (χ4v) is 4.85. The van der Waals surface area contributed by atoms with Gasteiger partial charge in [0, 0.05) is 34.8 Å². The van der Waals surface area contributed by atoms with Crippen LogP contribution in [0.2, 0.25) is 0 Å². The maximum Gasteiger partial charge on any atom is 0.471 e. The molecule has 0 saturated heterocycles. The van der Waals surface area contributed by atoms with Crippen molar-refractivity contribution < 1.29 is 27.6 Å². The first-order valence-corrected chi connectivity index (χ1v) is 15.6. The van der Waals surface area contributed by atoms with Gasteiger partial charge in [0.25, 0.3) is 11.8 Å². The minimum atomic E-state index is -5.00. The summed E-state index contributed by atoms with van der Waals surface area (Å²) in [4.78, 5) is 39.2. The average molecular weight is 594 g/mol. The van der Waals surface area contributed by atoms with Crippen molar-refractivity contribution in [3.05, 3.63) is 53.6 Å². The van der Waals surface area contributed by atoms with Crippen molar-refractivity contribution in [3.8, 4) is 0 Å². The van der Waals surface area contributed by atoms with Gasteiger partial charge in [-0.15, -0.1) is 11.8 Å². The van der Waals surface area contributed by atoms with Gasteiger partial charge in [0.05, 0.1) is 5.69 Å². The molecule has 2 N–H and O–H groups in total. The molecule has 2 aromatic carbocycles. The lowest BCUT2D eigenvalue weighted by Crippen LogP contribution is -2.41. The Morgan fingerprint density at radius 1 is 0.780 bits per heavy atom. The van der Waals surface area contributed by atoms with Crippen LogP contribution in [0.4, 0.5) is 24.5 Å². The molecule has 226 valence electrons. The molecule has 0 radical (unpaired) electrons. The van der Waals surface area contributed by atoms with Crippen LogP contribution < -0.4 is 15.5 Å². The van der Waals surface area contributed by atoms with E-state index in [-0.39, 0.29) is 23.7 Å². The molecule has 6 nitrogen and oxygen atoms in total. The third-order valence-corrected chi connectivity index (χ3v) is 7.49. The molecular formula is C31H42F3N3O3S.